The van der Waals surface area contributed by atoms with Gasteiger partial charge in [0.1, 0.15) is 0 Å². The van der Waals surface area contributed by atoms with E-state index < -0.39 is 0 Å². The molecule has 0 N–H and O–H groups in total. The topological polar surface area (TPSA) is 0 Å². The molecule has 0 aromatic carbocycles. The first-order valence-electron chi connectivity index (χ1n) is 3.96. The van der Waals surface area contributed by atoms with E-state index in [1.165, 1.54) is 0 Å². The van der Waals surface area contributed by atoms with Gasteiger partial charge in [-0.25, -0.2) is 0 Å². The van der Waals surface area contributed by atoms with Crippen LogP contribution in [0, 0.1) is 0 Å². The van der Waals surface area contributed by atoms with Gasteiger partial charge in [-0.05, 0) is 10.3 Å². The molecule has 0 fully saturated rings. The van der Waals surface area contributed by atoms with Crippen molar-refractivity contribution in [3.8, 4) is 0 Å². The van der Waals surface area contributed by atoms with Gasteiger partial charge >= 0.3 is 0 Å². The predicted octanol–water partition coefficient (Wildman–Crippen LogP) is 4.45. The molecule has 0 aromatic heterocycles. The van der Waals surface area contributed by atoms with Crippen molar-refractivity contribution in [2.24, 2.45) is 0 Å². The number of rotatable bonds is 1. The summed E-state index contributed by atoms with van der Waals surface area (Å²) in [5.74, 6) is 0. The highest BCUT2D eigenvalue weighted by atomic mass is 32.4. The van der Waals surface area contributed by atoms with Crippen molar-refractivity contribution < 1.29 is 0 Å². The van der Waals surface area contributed by atoms with Gasteiger partial charge in [0.25, 0.3) is 0 Å². The van der Waals surface area contributed by atoms with Gasteiger partial charge in [-0.15, -0.1) is 8.93 Å². The van der Waals surface area contributed by atoms with Gasteiger partial charge in [-0.3, -0.25) is 0 Å². The molecule has 0 saturated heterocycles. The summed E-state index contributed by atoms with van der Waals surface area (Å²) in [6.07, 6.45) is 0. The fourth-order valence-electron chi connectivity index (χ4n) is 1.39. The lowest BCUT2D eigenvalue weighted by Gasteiger charge is -2.40. The third kappa shape index (κ3) is 4.17. The maximum Gasteiger partial charge on any atom is -0.0135 e. The third-order valence-electron chi connectivity index (χ3n) is 1.47. The predicted molar refractivity (Wildman–Crippen MR) is 64.5 cm³/mol. The van der Waals surface area contributed by atoms with Crippen molar-refractivity contribution in [1.82, 2.24) is 0 Å². The second-order valence-electron chi connectivity index (χ2n) is 4.81. The van der Waals surface area contributed by atoms with Crippen LogP contribution >= 0.6 is 24.5 Å². The molecule has 0 bridgehead atoms. The lowest BCUT2D eigenvalue weighted by Crippen LogP contribution is -2.21. The Labute approximate surface area is 76.8 Å². The molecule has 0 amide bonds. The lowest BCUT2D eigenvalue weighted by molar-refractivity contribution is 0.720. The van der Waals surface area contributed by atoms with Crippen LogP contribution in [0.5, 0.6) is 0 Å². The van der Waals surface area contributed by atoms with Crippen LogP contribution in [0.2, 0.25) is 0 Å². The largest absolute Gasteiger partial charge is 0.110 e. The van der Waals surface area contributed by atoms with Gasteiger partial charge in [0.05, 0.1) is 0 Å². The molecule has 0 aliphatic rings. The first kappa shape index (κ1) is 12.3. The monoisotopic (exact) mass is 210 g/mol. The minimum atomic E-state index is 0.150. The van der Waals surface area contributed by atoms with Crippen molar-refractivity contribution in [3.63, 3.8) is 0 Å². The molecule has 0 aliphatic heterocycles. The molecule has 0 nitrogen and oxygen atoms in total. The van der Waals surface area contributed by atoms with Crippen molar-refractivity contribution in [2.75, 3.05) is 0 Å². The zero-order chi connectivity index (χ0) is 9.28. The molecule has 11 heavy (non-hydrogen) atoms. The first-order valence-corrected chi connectivity index (χ1v) is 8.95. The molecule has 0 aliphatic carbocycles. The highest BCUT2D eigenvalue weighted by Crippen LogP contribution is 2.74. The van der Waals surface area contributed by atoms with Crippen LogP contribution in [0.25, 0.3) is 0 Å². The molecule has 0 aromatic rings. The summed E-state index contributed by atoms with van der Waals surface area (Å²) in [5, 5.41) is 1.02. The average molecular weight is 210 g/mol. The van der Waals surface area contributed by atoms with Gasteiger partial charge in [0.15, 0.2) is 0 Å². The highest BCUT2D eigenvalue weighted by Gasteiger charge is 2.32. The molecule has 0 spiro atoms. The minimum Gasteiger partial charge on any atom is -0.110 e. The smallest absolute Gasteiger partial charge is 0.0135 e. The van der Waals surface area contributed by atoms with Crippen LogP contribution in [-0.4, -0.2) is 10.3 Å². The molecular formula is C8H21P3. The second kappa shape index (κ2) is 4.00. The Kier molecular flexibility index (Phi) is 4.47. The molecular weight excluding hydrogens is 189 g/mol. The second-order valence-corrected chi connectivity index (χ2v) is 12.9. The van der Waals surface area contributed by atoms with Crippen LogP contribution < -0.4 is 0 Å². The zero-order valence-corrected chi connectivity index (χ0v) is 11.6. The van der Waals surface area contributed by atoms with E-state index in [9.17, 15) is 0 Å². The van der Waals surface area contributed by atoms with E-state index in [1.54, 1.807) is 0 Å². The van der Waals surface area contributed by atoms with E-state index in [4.69, 9.17) is 0 Å². The summed E-state index contributed by atoms with van der Waals surface area (Å²) in [6.45, 7) is 14.2. The number of hydrogen-bond acceptors (Lipinski definition) is 0. The Hall–Kier alpha value is 1.29. The molecule has 68 valence electrons. The van der Waals surface area contributed by atoms with Crippen molar-refractivity contribution in [1.29, 1.82) is 0 Å². The third-order valence-corrected chi connectivity index (χ3v) is 11.5. The molecule has 2 unspecified atom stereocenters. The van der Waals surface area contributed by atoms with Crippen LogP contribution in [0.4, 0.5) is 0 Å². The van der Waals surface area contributed by atoms with Crippen LogP contribution in [0.15, 0.2) is 0 Å². The van der Waals surface area contributed by atoms with Gasteiger partial charge < -0.3 is 0 Å². The summed E-state index contributed by atoms with van der Waals surface area (Å²) >= 11 is 0. The SMILES string of the molecule is CC(C)(C)P(PP)C(C)(C)C. The van der Waals surface area contributed by atoms with Crippen molar-refractivity contribution >= 4 is 24.5 Å². The standard InChI is InChI=1S/C8H21P3/c1-7(2,3)11(10-9)8(4,5)6/h10H,9H2,1-6H3. The van der Waals surface area contributed by atoms with Gasteiger partial charge in [0, 0.05) is 0 Å². The van der Waals surface area contributed by atoms with E-state index in [-0.39, 0.29) is 7.61 Å². The van der Waals surface area contributed by atoms with E-state index in [0.29, 0.717) is 10.3 Å². The number of hydrogen-bond donors (Lipinski definition) is 0. The Morgan fingerprint density at radius 1 is 0.909 bits per heavy atom. The molecule has 0 rings (SSSR count). The summed E-state index contributed by atoms with van der Waals surface area (Å²) in [4.78, 5) is 0. The maximum absolute atomic E-state index is 2.92. The van der Waals surface area contributed by atoms with Crippen LogP contribution in [-0.2, 0) is 0 Å². The fourth-order valence-corrected chi connectivity index (χ4v) is 13.5. The minimum absolute atomic E-state index is 0.150. The summed E-state index contributed by atoms with van der Waals surface area (Å²) < 4.78 is 0. The average Bonchev–Trinajstić information content (AvgIpc) is 1.56. The summed E-state index contributed by atoms with van der Waals surface area (Å²) in [6, 6.07) is 0. The van der Waals surface area contributed by atoms with Gasteiger partial charge in [0.2, 0.25) is 0 Å². The van der Waals surface area contributed by atoms with Gasteiger partial charge in [-0.2, -0.15) is 0 Å². The van der Waals surface area contributed by atoms with Crippen molar-refractivity contribution in [3.05, 3.63) is 0 Å². The highest BCUT2D eigenvalue weighted by molar-refractivity contribution is 8.45. The van der Waals surface area contributed by atoms with Gasteiger partial charge in [-0.1, -0.05) is 57.1 Å². The zero-order valence-electron chi connectivity index (χ0n) is 8.52. The Balaban J connectivity index is 4.43. The Morgan fingerprint density at radius 3 is 1.18 bits per heavy atom. The Bertz CT molecular complexity index is 104. The quantitative estimate of drug-likeness (QED) is 0.561. The summed E-state index contributed by atoms with van der Waals surface area (Å²) in [5.41, 5.74) is 0. The molecule has 0 saturated carbocycles. The maximum atomic E-state index is 2.92. The van der Waals surface area contributed by atoms with Crippen molar-refractivity contribution in [2.45, 2.75) is 51.9 Å². The van der Waals surface area contributed by atoms with E-state index >= 15 is 0 Å². The normalized spacial score (nSPS) is 15.3. The first-order chi connectivity index (χ1) is 4.69. The van der Waals surface area contributed by atoms with Crippen LogP contribution in [0.1, 0.15) is 41.5 Å². The van der Waals surface area contributed by atoms with E-state index in [2.05, 4.69) is 50.5 Å². The summed E-state index contributed by atoms with van der Waals surface area (Å²) in [7, 11) is 4.11. The molecule has 0 radical (unpaired) electrons. The fraction of sp³-hybridized carbons (Fsp3) is 1.00. The van der Waals surface area contributed by atoms with Crippen LogP contribution in [0.3, 0.4) is 0 Å². The lowest BCUT2D eigenvalue weighted by atomic mass is 10.2. The van der Waals surface area contributed by atoms with E-state index in [0.717, 1.165) is 7.96 Å². The molecule has 3 heteroatoms. The molecule has 0 heterocycles. The van der Waals surface area contributed by atoms with E-state index in [1.807, 2.05) is 0 Å². The molecule has 2 atom stereocenters. The Morgan fingerprint density at radius 2 is 1.18 bits per heavy atom.